The fraction of sp³-hybridized carbons (Fsp3) is 0.571. The summed E-state index contributed by atoms with van der Waals surface area (Å²) in [4.78, 5) is 10.9. The molecule has 0 radical (unpaired) electrons. The molecule has 1 aliphatic heterocycles. The predicted octanol–water partition coefficient (Wildman–Crippen LogP) is 3.63. The number of anilines is 1. The van der Waals surface area contributed by atoms with Gasteiger partial charge < -0.3 is 10.1 Å². The first-order valence-electron chi connectivity index (χ1n) is 7.02. The van der Waals surface area contributed by atoms with Crippen molar-refractivity contribution in [3.8, 4) is 0 Å². The number of ether oxygens (including phenoxy) is 1. The molecule has 4 rings (SSSR count). The Kier molecular flexibility index (Phi) is 3.09. The Labute approximate surface area is 126 Å². The molecule has 6 heteroatoms. The number of fused-ring (bicyclic) bond motifs is 1. The highest BCUT2D eigenvalue weighted by Gasteiger charge is 2.40. The average molecular weight is 310 g/mol. The number of aryl methyl sites for hydroxylation is 1. The highest BCUT2D eigenvalue weighted by Crippen LogP contribution is 2.40. The number of nitrogens with one attached hydrogen (secondary N) is 1. The van der Waals surface area contributed by atoms with Gasteiger partial charge in [0.1, 0.15) is 10.6 Å². The third-order valence-corrected chi connectivity index (χ3v) is 5.15. The second-order valence-corrected chi connectivity index (χ2v) is 7.20. The van der Waals surface area contributed by atoms with E-state index in [-0.39, 0.29) is 0 Å². The van der Waals surface area contributed by atoms with Gasteiger partial charge in [0.2, 0.25) is 5.28 Å². The fourth-order valence-electron chi connectivity index (χ4n) is 2.96. The number of halogens is 1. The molecule has 2 aromatic rings. The smallest absolute Gasteiger partial charge is 0.225 e. The maximum absolute atomic E-state index is 6.04. The lowest BCUT2D eigenvalue weighted by atomic mass is 10.1. The van der Waals surface area contributed by atoms with E-state index in [9.17, 15) is 0 Å². The summed E-state index contributed by atoms with van der Waals surface area (Å²) >= 11 is 7.69. The van der Waals surface area contributed by atoms with Crippen LogP contribution in [0.5, 0.6) is 0 Å². The molecule has 0 aromatic carbocycles. The van der Waals surface area contributed by atoms with Crippen LogP contribution in [0.4, 0.5) is 5.82 Å². The maximum Gasteiger partial charge on any atom is 0.225 e. The molecule has 3 heterocycles. The van der Waals surface area contributed by atoms with E-state index in [1.165, 1.54) is 17.7 Å². The summed E-state index contributed by atoms with van der Waals surface area (Å²) in [6.07, 6.45) is 3.95. The third-order valence-electron chi connectivity index (χ3n) is 4.03. The SMILES string of the molecule is Cc1cc2c(NC3CCOC3C3CC3)nc(Cl)nc2s1. The number of hydrogen-bond donors (Lipinski definition) is 1. The lowest BCUT2D eigenvalue weighted by Crippen LogP contribution is -2.31. The van der Waals surface area contributed by atoms with Crippen LogP contribution in [0.3, 0.4) is 0 Å². The van der Waals surface area contributed by atoms with Crippen molar-refractivity contribution < 1.29 is 4.74 Å². The molecule has 2 fully saturated rings. The molecule has 20 heavy (non-hydrogen) atoms. The highest BCUT2D eigenvalue weighted by molar-refractivity contribution is 7.18. The quantitative estimate of drug-likeness (QED) is 0.880. The van der Waals surface area contributed by atoms with E-state index in [0.29, 0.717) is 17.4 Å². The second kappa shape index (κ2) is 4.83. The van der Waals surface area contributed by atoms with Crippen molar-refractivity contribution in [3.05, 3.63) is 16.2 Å². The summed E-state index contributed by atoms with van der Waals surface area (Å²) in [6.45, 7) is 2.92. The Morgan fingerprint density at radius 2 is 2.20 bits per heavy atom. The van der Waals surface area contributed by atoms with Gasteiger partial charge >= 0.3 is 0 Å². The lowest BCUT2D eigenvalue weighted by molar-refractivity contribution is 0.0898. The Morgan fingerprint density at radius 1 is 1.35 bits per heavy atom. The van der Waals surface area contributed by atoms with E-state index >= 15 is 0 Å². The van der Waals surface area contributed by atoms with Crippen LogP contribution in [0.2, 0.25) is 5.28 Å². The highest BCUT2D eigenvalue weighted by atomic mass is 35.5. The van der Waals surface area contributed by atoms with Crippen LogP contribution in [-0.4, -0.2) is 28.7 Å². The molecule has 1 saturated heterocycles. The van der Waals surface area contributed by atoms with Crippen LogP contribution in [-0.2, 0) is 4.74 Å². The van der Waals surface area contributed by atoms with Crippen LogP contribution in [0.25, 0.3) is 10.2 Å². The van der Waals surface area contributed by atoms with Crippen LogP contribution in [0, 0.1) is 12.8 Å². The van der Waals surface area contributed by atoms with Crippen LogP contribution >= 0.6 is 22.9 Å². The predicted molar refractivity (Wildman–Crippen MR) is 81.7 cm³/mol. The Bertz CT molecular complexity index is 655. The van der Waals surface area contributed by atoms with E-state index in [2.05, 4.69) is 28.3 Å². The number of aromatic nitrogens is 2. The van der Waals surface area contributed by atoms with Gasteiger partial charge in [-0.1, -0.05) is 0 Å². The van der Waals surface area contributed by atoms with Gasteiger partial charge in [-0.15, -0.1) is 11.3 Å². The third kappa shape index (κ3) is 2.28. The average Bonchev–Trinajstić information content (AvgIpc) is 3.02. The van der Waals surface area contributed by atoms with E-state index in [1.807, 2.05) is 0 Å². The van der Waals surface area contributed by atoms with E-state index in [0.717, 1.165) is 35.0 Å². The first-order chi connectivity index (χ1) is 9.70. The minimum absolute atomic E-state index is 0.309. The Hall–Kier alpha value is -0.910. The molecule has 4 nitrogen and oxygen atoms in total. The number of hydrogen-bond acceptors (Lipinski definition) is 5. The van der Waals surface area contributed by atoms with Crippen molar-refractivity contribution in [2.24, 2.45) is 5.92 Å². The van der Waals surface area contributed by atoms with Gasteiger partial charge in [0.25, 0.3) is 0 Å². The zero-order valence-electron chi connectivity index (χ0n) is 11.2. The van der Waals surface area contributed by atoms with E-state index in [1.54, 1.807) is 11.3 Å². The zero-order chi connectivity index (χ0) is 13.7. The molecule has 0 spiro atoms. The summed E-state index contributed by atoms with van der Waals surface area (Å²) in [5.41, 5.74) is 0. The summed E-state index contributed by atoms with van der Waals surface area (Å²) < 4.78 is 5.87. The molecule has 0 amide bonds. The second-order valence-electron chi connectivity index (χ2n) is 5.63. The first-order valence-corrected chi connectivity index (χ1v) is 8.22. The minimum Gasteiger partial charge on any atom is -0.376 e. The molecule has 2 atom stereocenters. The van der Waals surface area contributed by atoms with Gasteiger partial charge in [-0.25, -0.2) is 9.97 Å². The van der Waals surface area contributed by atoms with Crippen LogP contribution in [0.1, 0.15) is 24.1 Å². The minimum atomic E-state index is 0.309. The van der Waals surface area contributed by atoms with Crippen molar-refractivity contribution in [1.82, 2.24) is 9.97 Å². The molecular formula is C14H16ClN3OS. The van der Waals surface area contributed by atoms with Crippen LogP contribution < -0.4 is 5.32 Å². The molecule has 2 unspecified atom stereocenters. The molecule has 2 aromatic heterocycles. The number of thiophene rings is 1. The van der Waals surface area contributed by atoms with Crippen molar-refractivity contribution in [2.75, 3.05) is 11.9 Å². The van der Waals surface area contributed by atoms with E-state index in [4.69, 9.17) is 16.3 Å². The Balaban J connectivity index is 1.67. The molecule has 2 aliphatic rings. The van der Waals surface area contributed by atoms with Gasteiger partial charge in [0.05, 0.1) is 17.5 Å². The summed E-state index contributed by atoms with van der Waals surface area (Å²) in [7, 11) is 0. The number of rotatable bonds is 3. The molecule has 1 N–H and O–H groups in total. The summed E-state index contributed by atoms with van der Waals surface area (Å²) in [5, 5.41) is 4.93. The largest absolute Gasteiger partial charge is 0.376 e. The molecule has 0 bridgehead atoms. The topological polar surface area (TPSA) is 47.0 Å². The van der Waals surface area contributed by atoms with Crippen molar-refractivity contribution in [3.63, 3.8) is 0 Å². The van der Waals surface area contributed by atoms with Gasteiger partial charge in [0.15, 0.2) is 0 Å². The van der Waals surface area contributed by atoms with Gasteiger partial charge in [-0.05, 0) is 49.8 Å². The van der Waals surface area contributed by atoms with Crippen molar-refractivity contribution >= 4 is 39.0 Å². The fourth-order valence-corrected chi connectivity index (χ4v) is 4.06. The van der Waals surface area contributed by atoms with E-state index < -0.39 is 0 Å². The molecule has 1 aliphatic carbocycles. The Morgan fingerprint density at radius 3 is 3.00 bits per heavy atom. The first kappa shape index (κ1) is 12.8. The molecular weight excluding hydrogens is 294 g/mol. The standard InChI is InChI=1S/C14H16ClN3OS/c1-7-6-9-12(17-14(15)18-13(9)20-7)16-10-4-5-19-11(10)8-2-3-8/h6,8,10-11H,2-5H2,1H3,(H,16,17,18). The maximum atomic E-state index is 6.04. The normalized spacial score (nSPS) is 26.3. The van der Waals surface area contributed by atoms with Crippen LogP contribution in [0.15, 0.2) is 6.07 Å². The monoisotopic (exact) mass is 309 g/mol. The zero-order valence-corrected chi connectivity index (χ0v) is 12.8. The van der Waals surface area contributed by atoms with Gasteiger partial charge in [-0.3, -0.25) is 0 Å². The lowest BCUT2D eigenvalue weighted by Gasteiger charge is -2.20. The van der Waals surface area contributed by atoms with Crippen molar-refractivity contribution in [2.45, 2.75) is 38.3 Å². The van der Waals surface area contributed by atoms with Gasteiger partial charge in [0, 0.05) is 11.5 Å². The number of nitrogens with zero attached hydrogens (tertiary/aromatic N) is 2. The molecule has 1 saturated carbocycles. The van der Waals surface area contributed by atoms with Crippen molar-refractivity contribution in [1.29, 1.82) is 0 Å². The van der Waals surface area contributed by atoms with Gasteiger partial charge in [-0.2, -0.15) is 0 Å². The summed E-state index contributed by atoms with van der Waals surface area (Å²) in [6, 6.07) is 2.47. The molecule has 106 valence electrons. The summed E-state index contributed by atoms with van der Waals surface area (Å²) in [5.74, 6) is 1.58.